The molecule has 0 saturated carbocycles. The van der Waals surface area contributed by atoms with E-state index in [1.165, 1.54) is 0 Å². The Hall–Kier alpha value is -2.01. The van der Waals surface area contributed by atoms with E-state index >= 15 is 0 Å². The summed E-state index contributed by atoms with van der Waals surface area (Å²) >= 11 is 3.30. The molecule has 0 aliphatic rings. The highest BCUT2D eigenvalue weighted by Gasteiger charge is 2.07. The molecular formula is C15H15BrN2O2. The fourth-order valence-electron chi connectivity index (χ4n) is 1.75. The van der Waals surface area contributed by atoms with Crippen LogP contribution in [-0.4, -0.2) is 13.0 Å². The summed E-state index contributed by atoms with van der Waals surface area (Å²) in [5.74, 6) is 0.608. The van der Waals surface area contributed by atoms with Gasteiger partial charge in [-0.15, -0.1) is 0 Å². The molecule has 0 radical (unpaired) electrons. The number of carbonyl (C=O) groups is 1. The number of anilines is 1. The molecule has 2 aromatic rings. The minimum Gasteiger partial charge on any atom is -0.497 e. The van der Waals surface area contributed by atoms with Gasteiger partial charge in [-0.3, -0.25) is 4.79 Å². The number of methoxy groups -OCH3 is 1. The molecule has 2 rings (SSSR count). The SMILES string of the molecule is COc1cccc(CNC(=O)c2ccc(Br)c(N)c2)c1. The summed E-state index contributed by atoms with van der Waals surface area (Å²) in [7, 11) is 1.61. The zero-order valence-electron chi connectivity index (χ0n) is 11.0. The molecule has 0 fully saturated rings. The Labute approximate surface area is 126 Å². The van der Waals surface area contributed by atoms with Crippen molar-refractivity contribution in [3.63, 3.8) is 0 Å². The Morgan fingerprint density at radius 3 is 2.80 bits per heavy atom. The second-order valence-corrected chi connectivity index (χ2v) is 5.12. The van der Waals surface area contributed by atoms with Gasteiger partial charge >= 0.3 is 0 Å². The first-order valence-electron chi connectivity index (χ1n) is 6.06. The van der Waals surface area contributed by atoms with E-state index in [1.807, 2.05) is 24.3 Å². The first-order valence-corrected chi connectivity index (χ1v) is 6.85. The Bertz CT molecular complexity index is 629. The Kier molecular flexibility index (Phi) is 4.63. The summed E-state index contributed by atoms with van der Waals surface area (Å²) in [6.07, 6.45) is 0. The maximum absolute atomic E-state index is 12.0. The number of halogens is 1. The lowest BCUT2D eigenvalue weighted by molar-refractivity contribution is 0.0951. The lowest BCUT2D eigenvalue weighted by Crippen LogP contribution is -2.22. The topological polar surface area (TPSA) is 64.3 Å². The van der Waals surface area contributed by atoms with Gasteiger partial charge in [0, 0.05) is 22.3 Å². The third kappa shape index (κ3) is 3.51. The van der Waals surface area contributed by atoms with Gasteiger partial charge in [0.15, 0.2) is 0 Å². The molecule has 1 amide bonds. The third-order valence-electron chi connectivity index (χ3n) is 2.85. The minimum absolute atomic E-state index is 0.160. The number of carbonyl (C=O) groups excluding carboxylic acids is 1. The van der Waals surface area contributed by atoms with Gasteiger partial charge in [-0.25, -0.2) is 0 Å². The van der Waals surface area contributed by atoms with Crippen molar-refractivity contribution >= 4 is 27.5 Å². The fourth-order valence-corrected chi connectivity index (χ4v) is 2.00. The first kappa shape index (κ1) is 14.4. The quantitative estimate of drug-likeness (QED) is 0.845. The van der Waals surface area contributed by atoms with Gasteiger partial charge in [-0.2, -0.15) is 0 Å². The smallest absolute Gasteiger partial charge is 0.251 e. The van der Waals surface area contributed by atoms with Crippen LogP contribution in [0.15, 0.2) is 46.9 Å². The molecule has 2 aromatic carbocycles. The fraction of sp³-hybridized carbons (Fsp3) is 0.133. The van der Waals surface area contributed by atoms with Gasteiger partial charge in [0.1, 0.15) is 5.75 Å². The molecule has 3 N–H and O–H groups in total. The van der Waals surface area contributed by atoms with E-state index in [9.17, 15) is 4.79 Å². The van der Waals surface area contributed by atoms with E-state index in [0.717, 1.165) is 15.8 Å². The molecule has 0 aromatic heterocycles. The third-order valence-corrected chi connectivity index (χ3v) is 3.57. The average molecular weight is 335 g/mol. The van der Waals surface area contributed by atoms with Crippen LogP contribution in [0, 0.1) is 0 Å². The monoisotopic (exact) mass is 334 g/mol. The van der Waals surface area contributed by atoms with E-state index < -0.39 is 0 Å². The Balaban J connectivity index is 2.02. The first-order chi connectivity index (χ1) is 9.60. The number of amides is 1. The standard InChI is InChI=1S/C15H15BrN2O2/c1-20-12-4-2-3-10(7-12)9-18-15(19)11-5-6-13(16)14(17)8-11/h2-8H,9,17H2,1H3,(H,18,19). The highest BCUT2D eigenvalue weighted by Crippen LogP contribution is 2.20. The van der Waals surface area contributed by atoms with Gasteiger partial charge in [0.25, 0.3) is 5.91 Å². The Morgan fingerprint density at radius 1 is 1.30 bits per heavy atom. The highest BCUT2D eigenvalue weighted by atomic mass is 79.9. The van der Waals surface area contributed by atoms with E-state index in [-0.39, 0.29) is 5.91 Å². The number of nitrogens with two attached hydrogens (primary N) is 1. The van der Waals surface area contributed by atoms with Crippen molar-refractivity contribution in [2.45, 2.75) is 6.54 Å². The predicted octanol–water partition coefficient (Wildman–Crippen LogP) is 2.97. The van der Waals surface area contributed by atoms with Gasteiger partial charge in [-0.05, 0) is 51.8 Å². The van der Waals surface area contributed by atoms with E-state index in [4.69, 9.17) is 10.5 Å². The summed E-state index contributed by atoms with van der Waals surface area (Å²) in [6, 6.07) is 12.7. The van der Waals surface area contributed by atoms with Crippen LogP contribution >= 0.6 is 15.9 Å². The van der Waals surface area contributed by atoms with E-state index in [0.29, 0.717) is 17.8 Å². The van der Waals surface area contributed by atoms with Gasteiger partial charge in [0.05, 0.1) is 7.11 Å². The number of nitrogens with one attached hydrogen (secondary N) is 1. The molecular weight excluding hydrogens is 320 g/mol. The number of benzene rings is 2. The van der Waals surface area contributed by atoms with Crippen LogP contribution in [0.25, 0.3) is 0 Å². The van der Waals surface area contributed by atoms with Crippen molar-refractivity contribution in [2.24, 2.45) is 0 Å². The average Bonchev–Trinajstić information content (AvgIpc) is 2.47. The van der Waals surface area contributed by atoms with Crippen molar-refractivity contribution < 1.29 is 9.53 Å². The van der Waals surface area contributed by atoms with Gasteiger partial charge in [-0.1, -0.05) is 12.1 Å². The molecule has 4 nitrogen and oxygen atoms in total. The highest BCUT2D eigenvalue weighted by molar-refractivity contribution is 9.10. The molecule has 0 heterocycles. The zero-order chi connectivity index (χ0) is 14.5. The van der Waals surface area contributed by atoms with Crippen molar-refractivity contribution in [3.05, 3.63) is 58.1 Å². The van der Waals surface area contributed by atoms with Crippen molar-refractivity contribution in [3.8, 4) is 5.75 Å². The lowest BCUT2D eigenvalue weighted by atomic mass is 10.1. The van der Waals surface area contributed by atoms with Gasteiger partial charge in [0.2, 0.25) is 0 Å². The number of hydrogen-bond acceptors (Lipinski definition) is 3. The molecule has 0 unspecified atom stereocenters. The molecule has 0 aliphatic heterocycles. The molecule has 0 bridgehead atoms. The van der Waals surface area contributed by atoms with E-state index in [2.05, 4.69) is 21.2 Å². The Morgan fingerprint density at radius 2 is 2.10 bits per heavy atom. The summed E-state index contributed by atoms with van der Waals surface area (Å²) in [5, 5.41) is 2.85. The zero-order valence-corrected chi connectivity index (χ0v) is 12.6. The molecule has 0 spiro atoms. The number of nitrogen functional groups attached to an aromatic ring is 1. The largest absolute Gasteiger partial charge is 0.497 e. The summed E-state index contributed by atoms with van der Waals surface area (Å²) < 4.78 is 5.92. The van der Waals surface area contributed by atoms with Crippen LogP contribution in [-0.2, 0) is 6.54 Å². The minimum atomic E-state index is -0.160. The van der Waals surface area contributed by atoms with Gasteiger partial charge < -0.3 is 15.8 Å². The lowest BCUT2D eigenvalue weighted by Gasteiger charge is -2.08. The number of ether oxygens (including phenoxy) is 1. The van der Waals surface area contributed by atoms with Crippen LogP contribution in [0.3, 0.4) is 0 Å². The predicted molar refractivity (Wildman–Crippen MR) is 82.7 cm³/mol. The summed E-state index contributed by atoms with van der Waals surface area (Å²) in [5.41, 5.74) is 7.81. The molecule has 5 heteroatoms. The van der Waals surface area contributed by atoms with Crippen molar-refractivity contribution in [1.29, 1.82) is 0 Å². The maximum atomic E-state index is 12.0. The second-order valence-electron chi connectivity index (χ2n) is 4.27. The van der Waals surface area contributed by atoms with E-state index in [1.54, 1.807) is 25.3 Å². The van der Waals surface area contributed by atoms with Crippen LogP contribution < -0.4 is 15.8 Å². The van der Waals surface area contributed by atoms with Crippen LogP contribution in [0.2, 0.25) is 0 Å². The summed E-state index contributed by atoms with van der Waals surface area (Å²) in [4.78, 5) is 12.0. The van der Waals surface area contributed by atoms with Crippen LogP contribution in [0.5, 0.6) is 5.75 Å². The molecule has 104 valence electrons. The molecule has 0 saturated heterocycles. The van der Waals surface area contributed by atoms with Crippen molar-refractivity contribution in [2.75, 3.05) is 12.8 Å². The van der Waals surface area contributed by atoms with Crippen LogP contribution in [0.4, 0.5) is 5.69 Å². The molecule has 20 heavy (non-hydrogen) atoms. The number of rotatable bonds is 4. The second kappa shape index (κ2) is 6.43. The normalized spacial score (nSPS) is 10.1. The molecule has 0 aliphatic carbocycles. The van der Waals surface area contributed by atoms with Crippen molar-refractivity contribution in [1.82, 2.24) is 5.32 Å². The summed E-state index contributed by atoms with van der Waals surface area (Å²) in [6.45, 7) is 0.437. The number of hydrogen-bond donors (Lipinski definition) is 2. The molecule has 0 atom stereocenters. The van der Waals surface area contributed by atoms with Crippen LogP contribution in [0.1, 0.15) is 15.9 Å². The maximum Gasteiger partial charge on any atom is 0.251 e.